The van der Waals surface area contributed by atoms with E-state index >= 15 is 0 Å². The normalized spacial score (nSPS) is 20.1. The summed E-state index contributed by atoms with van der Waals surface area (Å²) in [6.45, 7) is 0. The highest BCUT2D eigenvalue weighted by atomic mass is 32.1. The van der Waals surface area contributed by atoms with Gasteiger partial charge in [0.25, 0.3) is 0 Å². The maximum atomic E-state index is 4.80. The fourth-order valence-corrected chi connectivity index (χ4v) is 0.945. The molecule has 0 spiro atoms. The predicted octanol–water partition coefficient (Wildman–Crippen LogP) is 2.37. The third-order valence-electron chi connectivity index (χ3n) is 1.45. The van der Waals surface area contributed by atoms with Gasteiger partial charge in [0, 0.05) is 5.75 Å². The van der Waals surface area contributed by atoms with Crippen molar-refractivity contribution in [2.45, 2.75) is 25.7 Å². The van der Waals surface area contributed by atoms with Gasteiger partial charge in [-0.1, -0.05) is 25.5 Å². The highest BCUT2D eigenvalue weighted by Crippen LogP contribution is 2.33. The van der Waals surface area contributed by atoms with Crippen LogP contribution in [0.4, 0.5) is 0 Å². The van der Waals surface area contributed by atoms with Crippen molar-refractivity contribution >= 4 is 12.6 Å². The summed E-state index contributed by atoms with van der Waals surface area (Å²) in [6.07, 6.45) is 5.65. The van der Waals surface area contributed by atoms with Crippen LogP contribution in [0.1, 0.15) is 25.7 Å². The topological polar surface area (TPSA) is 0 Å². The van der Waals surface area contributed by atoms with Crippen LogP contribution < -0.4 is 0 Å². The highest BCUT2D eigenvalue weighted by Gasteiger charge is 2.19. The molecule has 1 radical (unpaired) electrons. The standard InChI is InChI=1S/C6H11S/c7-5-1-2-6-3-4-6/h6H,1-5H2. The van der Waals surface area contributed by atoms with E-state index in [4.69, 9.17) is 12.6 Å². The Kier molecular flexibility index (Phi) is 2.04. The molecule has 0 nitrogen and oxygen atoms in total. The Morgan fingerprint density at radius 3 is 2.57 bits per heavy atom. The summed E-state index contributed by atoms with van der Waals surface area (Å²) in [4.78, 5) is 0. The molecule has 7 heavy (non-hydrogen) atoms. The SMILES string of the molecule is [S]CCCC1CC1. The fourth-order valence-electron chi connectivity index (χ4n) is 0.779. The molecule has 0 atom stereocenters. The van der Waals surface area contributed by atoms with E-state index in [2.05, 4.69) is 0 Å². The van der Waals surface area contributed by atoms with Crippen LogP contribution in [0.5, 0.6) is 0 Å². The minimum absolute atomic E-state index is 0.969. The van der Waals surface area contributed by atoms with Gasteiger partial charge >= 0.3 is 0 Å². The van der Waals surface area contributed by atoms with Crippen molar-refractivity contribution in [2.75, 3.05) is 5.75 Å². The summed E-state index contributed by atoms with van der Waals surface area (Å²) in [5.41, 5.74) is 0. The van der Waals surface area contributed by atoms with Crippen molar-refractivity contribution in [3.05, 3.63) is 0 Å². The average Bonchev–Trinajstić information content (AvgIpc) is 2.42. The van der Waals surface area contributed by atoms with Gasteiger partial charge in [0.05, 0.1) is 0 Å². The Morgan fingerprint density at radius 2 is 2.14 bits per heavy atom. The van der Waals surface area contributed by atoms with Gasteiger partial charge in [0.15, 0.2) is 0 Å². The van der Waals surface area contributed by atoms with Crippen LogP contribution in [-0.2, 0) is 0 Å². The quantitative estimate of drug-likeness (QED) is 0.529. The summed E-state index contributed by atoms with van der Waals surface area (Å²) in [5, 5.41) is 0. The van der Waals surface area contributed by atoms with Crippen LogP contribution in [0.2, 0.25) is 0 Å². The van der Waals surface area contributed by atoms with E-state index in [1.54, 1.807) is 0 Å². The molecule has 41 valence electrons. The maximum absolute atomic E-state index is 4.80. The lowest BCUT2D eigenvalue weighted by Gasteiger charge is -1.87. The molecule has 1 aliphatic rings. The molecule has 0 heterocycles. The zero-order chi connectivity index (χ0) is 5.11. The second-order valence-electron chi connectivity index (χ2n) is 2.29. The first-order valence-corrected chi connectivity index (χ1v) is 3.59. The van der Waals surface area contributed by atoms with E-state index in [1.807, 2.05) is 0 Å². The van der Waals surface area contributed by atoms with Gasteiger partial charge in [0.2, 0.25) is 0 Å². The van der Waals surface area contributed by atoms with Crippen molar-refractivity contribution in [2.24, 2.45) is 5.92 Å². The summed E-state index contributed by atoms with van der Waals surface area (Å²) in [6, 6.07) is 0. The third-order valence-corrected chi connectivity index (χ3v) is 1.74. The summed E-state index contributed by atoms with van der Waals surface area (Å²) in [7, 11) is 0. The molecular formula is C6H11S. The lowest BCUT2D eigenvalue weighted by molar-refractivity contribution is 0.714. The average molecular weight is 115 g/mol. The second kappa shape index (κ2) is 2.61. The van der Waals surface area contributed by atoms with E-state index in [9.17, 15) is 0 Å². The third kappa shape index (κ3) is 2.22. The molecule has 0 N–H and O–H groups in total. The van der Waals surface area contributed by atoms with E-state index in [0.717, 1.165) is 11.7 Å². The first-order chi connectivity index (χ1) is 3.43. The molecule has 0 aromatic carbocycles. The fraction of sp³-hybridized carbons (Fsp3) is 1.00. The van der Waals surface area contributed by atoms with Crippen LogP contribution in [0, 0.1) is 5.92 Å². The van der Waals surface area contributed by atoms with Gasteiger partial charge in [-0.25, -0.2) is 0 Å². The van der Waals surface area contributed by atoms with Crippen molar-refractivity contribution < 1.29 is 0 Å². The highest BCUT2D eigenvalue weighted by molar-refractivity contribution is 7.80. The van der Waals surface area contributed by atoms with Crippen LogP contribution in [-0.4, -0.2) is 5.75 Å². The van der Waals surface area contributed by atoms with Gasteiger partial charge in [0.1, 0.15) is 0 Å². The maximum Gasteiger partial charge on any atom is 0.00370 e. The lowest BCUT2D eigenvalue weighted by Crippen LogP contribution is -1.76. The van der Waals surface area contributed by atoms with Gasteiger partial charge in [-0.15, -0.1) is 0 Å². The van der Waals surface area contributed by atoms with Crippen molar-refractivity contribution in [1.82, 2.24) is 0 Å². The smallest absolute Gasteiger partial charge is 0.00370 e. The first kappa shape index (κ1) is 5.49. The molecule has 0 aliphatic heterocycles. The summed E-state index contributed by atoms with van der Waals surface area (Å²) < 4.78 is 0. The first-order valence-electron chi connectivity index (χ1n) is 3.01. The van der Waals surface area contributed by atoms with E-state index in [-0.39, 0.29) is 0 Å². The molecule has 0 unspecified atom stereocenters. The van der Waals surface area contributed by atoms with Gasteiger partial charge in [-0.3, -0.25) is 0 Å². The lowest BCUT2D eigenvalue weighted by atomic mass is 10.2. The molecule has 1 fully saturated rings. The Hall–Kier alpha value is 0.350. The molecule has 1 saturated carbocycles. The van der Waals surface area contributed by atoms with E-state index in [0.29, 0.717) is 0 Å². The molecule has 1 heteroatoms. The van der Waals surface area contributed by atoms with Crippen LogP contribution >= 0.6 is 12.6 Å². The van der Waals surface area contributed by atoms with Gasteiger partial charge in [-0.2, -0.15) is 0 Å². The summed E-state index contributed by atoms with van der Waals surface area (Å²) >= 11 is 4.80. The van der Waals surface area contributed by atoms with Crippen LogP contribution in [0.3, 0.4) is 0 Å². The molecule has 1 rings (SSSR count). The Balaban J connectivity index is 1.80. The minimum Gasteiger partial charge on any atom is -0.0942 e. The van der Waals surface area contributed by atoms with E-state index < -0.39 is 0 Å². The predicted molar refractivity (Wildman–Crippen MR) is 34.4 cm³/mol. The zero-order valence-corrected chi connectivity index (χ0v) is 5.34. The minimum atomic E-state index is 0.969. The van der Waals surface area contributed by atoms with Gasteiger partial charge in [-0.05, 0) is 18.8 Å². The summed E-state index contributed by atoms with van der Waals surface area (Å²) in [5.74, 6) is 2.05. The Bertz CT molecular complexity index is 48.1. The zero-order valence-electron chi connectivity index (χ0n) is 4.52. The van der Waals surface area contributed by atoms with E-state index in [1.165, 1.54) is 25.7 Å². The van der Waals surface area contributed by atoms with Crippen LogP contribution in [0.25, 0.3) is 0 Å². The molecule has 0 bridgehead atoms. The number of hydrogen-bond donors (Lipinski definition) is 0. The molecular weight excluding hydrogens is 104 g/mol. The molecule has 0 aromatic heterocycles. The Labute approximate surface area is 50.7 Å². The monoisotopic (exact) mass is 115 g/mol. The van der Waals surface area contributed by atoms with Crippen molar-refractivity contribution in [3.8, 4) is 0 Å². The molecule has 0 aromatic rings. The Morgan fingerprint density at radius 1 is 1.43 bits per heavy atom. The van der Waals surface area contributed by atoms with Gasteiger partial charge < -0.3 is 0 Å². The number of rotatable bonds is 3. The number of hydrogen-bond acceptors (Lipinski definition) is 0. The molecule has 0 amide bonds. The largest absolute Gasteiger partial charge is 0.0942 e. The van der Waals surface area contributed by atoms with Crippen LogP contribution in [0.15, 0.2) is 0 Å². The van der Waals surface area contributed by atoms with Crippen molar-refractivity contribution in [3.63, 3.8) is 0 Å². The molecule has 0 saturated heterocycles. The second-order valence-corrected chi connectivity index (χ2v) is 2.70. The molecule has 1 aliphatic carbocycles. The van der Waals surface area contributed by atoms with Crippen molar-refractivity contribution in [1.29, 1.82) is 0 Å².